The summed E-state index contributed by atoms with van der Waals surface area (Å²) in [6, 6.07) is 1.53. The molecule has 0 spiro atoms. The normalized spacial score (nSPS) is 25.6. The average Bonchev–Trinajstić information content (AvgIpc) is 2.13. The lowest BCUT2D eigenvalue weighted by atomic mass is 9.93. The van der Waals surface area contributed by atoms with E-state index in [1.165, 1.54) is 39.0 Å². The van der Waals surface area contributed by atoms with Crippen LogP contribution < -0.4 is 5.32 Å². The highest BCUT2D eigenvalue weighted by molar-refractivity contribution is 4.96. The van der Waals surface area contributed by atoms with Crippen LogP contribution in [0.1, 0.15) is 54.4 Å². The number of rotatable bonds is 2. The van der Waals surface area contributed by atoms with E-state index in [0.29, 0.717) is 5.54 Å². The number of hydrogen-bond donors (Lipinski definition) is 1. The standard InChI is InChI=1S/C16H33N3/c1-15(2,3)17-13-7-9-18(10-8-13)14-11-19(12-14)16(4,5)6/h13-14,17H,7-12H2,1-6H3. The van der Waals surface area contributed by atoms with Gasteiger partial charge < -0.3 is 5.32 Å². The fourth-order valence-corrected chi connectivity index (χ4v) is 3.26. The molecule has 2 aliphatic rings. The van der Waals surface area contributed by atoms with Gasteiger partial charge in [-0.3, -0.25) is 9.80 Å². The first kappa shape index (κ1) is 15.3. The number of nitrogens with one attached hydrogen (secondary N) is 1. The van der Waals surface area contributed by atoms with Crippen LogP contribution >= 0.6 is 0 Å². The smallest absolute Gasteiger partial charge is 0.0350 e. The van der Waals surface area contributed by atoms with Crippen molar-refractivity contribution in [1.29, 1.82) is 0 Å². The van der Waals surface area contributed by atoms with E-state index in [4.69, 9.17) is 0 Å². The van der Waals surface area contributed by atoms with Crippen molar-refractivity contribution in [1.82, 2.24) is 15.1 Å². The van der Waals surface area contributed by atoms with Crippen molar-refractivity contribution >= 4 is 0 Å². The van der Waals surface area contributed by atoms with Gasteiger partial charge in [-0.05, 0) is 54.4 Å². The molecule has 2 rings (SSSR count). The molecule has 0 radical (unpaired) electrons. The molecule has 0 aromatic carbocycles. The van der Waals surface area contributed by atoms with Crippen molar-refractivity contribution in [3.8, 4) is 0 Å². The summed E-state index contributed by atoms with van der Waals surface area (Å²) in [6.45, 7) is 18.9. The van der Waals surface area contributed by atoms with Gasteiger partial charge in [-0.1, -0.05) is 0 Å². The van der Waals surface area contributed by atoms with Gasteiger partial charge in [0.15, 0.2) is 0 Å². The molecule has 1 N–H and O–H groups in total. The second-order valence-electron chi connectivity index (χ2n) is 8.43. The molecule has 2 aliphatic heterocycles. The Kier molecular flexibility index (Phi) is 4.29. The quantitative estimate of drug-likeness (QED) is 0.828. The number of nitrogens with zero attached hydrogens (tertiary/aromatic N) is 2. The predicted molar refractivity (Wildman–Crippen MR) is 82.6 cm³/mol. The third kappa shape index (κ3) is 4.17. The molecular formula is C16H33N3. The fraction of sp³-hybridized carbons (Fsp3) is 1.00. The van der Waals surface area contributed by atoms with E-state index in [1.54, 1.807) is 0 Å². The van der Waals surface area contributed by atoms with E-state index < -0.39 is 0 Å². The molecule has 0 aromatic heterocycles. The maximum atomic E-state index is 3.75. The lowest BCUT2D eigenvalue weighted by molar-refractivity contribution is -0.0315. The van der Waals surface area contributed by atoms with Crippen molar-refractivity contribution in [2.45, 2.75) is 77.5 Å². The summed E-state index contributed by atoms with van der Waals surface area (Å²) in [5, 5.41) is 3.75. The van der Waals surface area contributed by atoms with Crippen LogP contribution in [-0.4, -0.2) is 59.1 Å². The minimum atomic E-state index is 0.256. The molecule has 3 heteroatoms. The van der Waals surface area contributed by atoms with Gasteiger partial charge >= 0.3 is 0 Å². The van der Waals surface area contributed by atoms with Gasteiger partial charge in [0.2, 0.25) is 0 Å². The third-order valence-corrected chi connectivity index (χ3v) is 4.49. The van der Waals surface area contributed by atoms with E-state index in [9.17, 15) is 0 Å². The number of likely N-dealkylation sites (tertiary alicyclic amines) is 2. The summed E-state index contributed by atoms with van der Waals surface area (Å²) in [6.07, 6.45) is 2.62. The molecule has 0 saturated carbocycles. The molecule has 3 nitrogen and oxygen atoms in total. The van der Waals surface area contributed by atoms with Crippen molar-refractivity contribution in [3.63, 3.8) is 0 Å². The van der Waals surface area contributed by atoms with Crippen molar-refractivity contribution < 1.29 is 0 Å². The minimum Gasteiger partial charge on any atom is -0.309 e. The summed E-state index contributed by atoms with van der Waals surface area (Å²) in [5.41, 5.74) is 0.606. The van der Waals surface area contributed by atoms with Gasteiger partial charge in [-0.25, -0.2) is 0 Å². The van der Waals surface area contributed by atoms with E-state index in [-0.39, 0.29) is 5.54 Å². The van der Waals surface area contributed by atoms with Crippen LogP contribution in [-0.2, 0) is 0 Å². The predicted octanol–water partition coefficient (Wildman–Crippen LogP) is 2.32. The second-order valence-corrected chi connectivity index (χ2v) is 8.43. The van der Waals surface area contributed by atoms with Crippen molar-refractivity contribution in [2.24, 2.45) is 0 Å². The maximum absolute atomic E-state index is 3.75. The topological polar surface area (TPSA) is 18.5 Å². The van der Waals surface area contributed by atoms with Gasteiger partial charge in [0, 0.05) is 49.3 Å². The third-order valence-electron chi connectivity index (χ3n) is 4.49. The van der Waals surface area contributed by atoms with Gasteiger partial charge in [0.25, 0.3) is 0 Å². The Morgan fingerprint density at radius 1 is 0.895 bits per heavy atom. The Morgan fingerprint density at radius 2 is 1.42 bits per heavy atom. The van der Waals surface area contributed by atoms with Crippen LogP contribution in [0.15, 0.2) is 0 Å². The molecule has 19 heavy (non-hydrogen) atoms. The number of piperidine rings is 1. The van der Waals surface area contributed by atoms with Crippen molar-refractivity contribution in [2.75, 3.05) is 26.2 Å². The molecule has 2 fully saturated rings. The number of hydrogen-bond acceptors (Lipinski definition) is 3. The van der Waals surface area contributed by atoms with E-state index in [2.05, 4.69) is 56.7 Å². The zero-order valence-corrected chi connectivity index (χ0v) is 13.8. The van der Waals surface area contributed by atoms with Crippen LogP contribution in [0.2, 0.25) is 0 Å². The Labute approximate surface area is 119 Å². The first-order valence-electron chi connectivity index (χ1n) is 7.92. The summed E-state index contributed by atoms with van der Waals surface area (Å²) in [5.74, 6) is 0. The molecule has 2 heterocycles. The van der Waals surface area contributed by atoms with E-state index >= 15 is 0 Å². The van der Waals surface area contributed by atoms with E-state index in [1.807, 2.05) is 0 Å². The highest BCUT2D eigenvalue weighted by atomic mass is 15.3. The molecular weight excluding hydrogens is 234 g/mol. The van der Waals surface area contributed by atoms with Gasteiger partial charge in [-0.15, -0.1) is 0 Å². The molecule has 0 bridgehead atoms. The second kappa shape index (κ2) is 5.34. The molecule has 2 saturated heterocycles. The van der Waals surface area contributed by atoms with Gasteiger partial charge in [0.1, 0.15) is 0 Å². The minimum absolute atomic E-state index is 0.256. The van der Waals surface area contributed by atoms with Gasteiger partial charge in [0.05, 0.1) is 0 Å². The van der Waals surface area contributed by atoms with Crippen LogP contribution in [0.3, 0.4) is 0 Å². The van der Waals surface area contributed by atoms with E-state index in [0.717, 1.165) is 12.1 Å². The highest BCUT2D eigenvalue weighted by Gasteiger charge is 2.38. The highest BCUT2D eigenvalue weighted by Crippen LogP contribution is 2.26. The molecule has 0 amide bonds. The molecule has 112 valence electrons. The monoisotopic (exact) mass is 267 g/mol. The SMILES string of the molecule is CC(C)(C)NC1CCN(C2CN(C(C)(C)C)C2)CC1. The fourth-order valence-electron chi connectivity index (χ4n) is 3.26. The molecule has 0 atom stereocenters. The first-order valence-corrected chi connectivity index (χ1v) is 7.92. The Balaban J connectivity index is 1.71. The lowest BCUT2D eigenvalue weighted by Crippen LogP contribution is -2.66. The molecule has 0 aromatic rings. The molecule has 0 aliphatic carbocycles. The van der Waals surface area contributed by atoms with Crippen LogP contribution in [0.5, 0.6) is 0 Å². The first-order chi connectivity index (χ1) is 8.65. The Morgan fingerprint density at radius 3 is 1.84 bits per heavy atom. The van der Waals surface area contributed by atoms with Gasteiger partial charge in [-0.2, -0.15) is 0 Å². The summed E-state index contributed by atoms with van der Waals surface area (Å²) >= 11 is 0. The summed E-state index contributed by atoms with van der Waals surface area (Å²) < 4.78 is 0. The largest absolute Gasteiger partial charge is 0.309 e. The Bertz CT molecular complexity index is 286. The summed E-state index contributed by atoms with van der Waals surface area (Å²) in [7, 11) is 0. The lowest BCUT2D eigenvalue weighted by Gasteiger charge is -2.53. The Hall–Kier alpha value is -0.120. The van der Waals surface area contributed by atoms with Crippen molar-refractivity contribution in [3.05, 3.63) is 0 Å². The maximum Gasteiger partial charge on any atom is 0.0350 e. The zero-order valence-electron chi connectivity index (χ0n) is 13.8. The van der Waals surface area contributed by atoms with Crippen LogP contribution in [0.25, 0.3) is 0 Å². The summed E-state index contributed by atoms with van der Waals surface area (Å²) in [4.78, 5) is 5.31. The molecule has 0 unspecified atom stereocenters. The average molecular weight is 267 g/mol. The van der Waals surface area contributed by atoms with Crippen LogP contribution in [0, 0.1) is 0 Å². The van der Waals surface area contributed by atoms with Crippen LogP contribution in [0.4, 0.5) is 0 Å². The zero-order chi connectivity index (χ0) is 14.3.